The third-order valence-corrected chi connectivity index (χ3v) is 2.99. The Morgan fingerprint density at radius 1 is 1.09 bits per heavy atom. The quantitative estimate of drug-likeness (QED) is 0.573. The number of hydrogen-bond donors (Lipinski definition) is 1. The van der Waals surface area contributed by atoms with Crippen molar-refractivity contribution < 1.29 is 9.84 Å². The second-order valence-electron chi connectivity index (χ2n) is 3.71. The second kappa shape index (κ2) is 3.11. The molecule has 0 bridgehead atoms. The highest BCUT2D eigenvalue weighted by Crippen LogP contribution is 2.33. The normalized spacial score (nSPS) is 45.0. The Balaban J connectivity index is 1.99. The van der Waals surface area contributed by atoms with Crippen LogP contribution in [-0.4, -0.2) is 23.9 Å². The van der Waals surface area contributed by atoms with Crippen molar-refractivity contribution in [2.45, 2.75) is 44.3 Å². The van der Waals surface area contributed by atoms with Crippen LogP contribution in [0.15, 0.2) is 0 Å². The molecule has 3 atom stereocenters. The van der Waals surface area contributed by atoms with Gasteiger partial charge in [-0.05, 0) is 19.3 Å². The number of hydrogen-bond acceptors (Lipinski definition) is 2. The van der Waals surface area contributed by atoms with E-state index in [0.29, 0.717) is 12.0 Å². The zero-order valence-corrected chi connectivity index (χ0v) is 6.83. The van der Waals surface area contributed by atoms with Crippen molar-refractivity contribution in [2.24, 2.45) is 5.92 Å². The minimum Gasteiger partial charge on any atom is -0.393 e. The Hall–Kier alpha value is -0.0800. The van der Waals surface area contributed by atoms with Crippen LogP contribution < -0.4 is 0 Å². The summed E-state index contributed by atoms with van der Waals surface area (Å²) in [6.45, 7) is 0.766. The molecule has 11 heavy (non-hydrogen) atoms. The Morgan fingerprint density at radius 3 is 2.73 bits per heavy atom. The molecule has 0 radical (unpaired) electrons. The molecular weight excluding hydrogens is 140 g/mol. The molecule has 0 unspecified atom stereocenters. The van der Waals surface area contributed by atoms with E-state index < -0.39 is 0 Å². The Morgan fingerprint density at radius 2 is 1.91 bits per heavy atom. The molecule has 2 nitrogen and oxygen atoms in total. The number of aliphatic hydroxyl groups is 1. The topological polar surface area (TPSA) is 29.5 Å². The van der Waals surface area contributed by atoms with E-state index >= 15 is 0 Å². The summed E-state index contributed by atoms with van der Waals surface area (Å²) in [6, 6.07) is 0. The van der Waals surface area contributed by atoms with Gasteiger partial charge in [0.25, 0.3) is 0 Å². The zero-order valence-electron chi connectivity index (χ0n) is 6.83. The predicted molar refractivity (Wildman–Crippen MR) is 42.3 cm³/mol. The van der Waals surface area contributed by atoms with Gasteiger partial charge in [0.1, 0.15) is 0 Å². The summed E-state index contributed by atoms with van der Waals surface area (Å²) in [5.41, 5.74) is 0. The molecule has 2 fully saturated rings. The van der Waals surface area contributed by atoms with Crippen molar-refractivity contribution in [3.8, 4) is 0 Å². The smallest absolute Gasteiger partial charge is 0.0628 e. The molecule has 1 saturated heterocycles. The molecule has 0 aromatic carbocycles. The average molecular weight is 156 g/mol. The van der Waals surface area contributed by atoms with Gasteiger partial charge < -0.3 is 9.84 Å². The summed E-state index contributed by atoms with van der Waals surface area (Å²) in [6.07, 6.45) is 6.06. The monoisotopic (exact) mass is 156 g/mol. The maximum Gasteiger partial charge on any atom is 0.0628 e. The molecule has 1 aliphatic heterocycles. The molecule has 0 aromatic rings. The first-order valence-corrected chi connectivity index (χ1v) is 4.67. The van der Waals surface area contributed by atoms with Gasteiger partial charge in [-0.25, -0.2) is 0 Å². The van der Waals surface area contributed by atoms with Crippen molar-refractivity contribution in [1.82, 2.24) is 0 Å². The number of ether oxygens (including phenoxy) is 1. The van der Waals surface area contributed by atoms with Crippen LogP contribution in [0.1, 0.15) is 32.1 Å². The van der Waals surface area contributed by atoms with Gasteiger partial charge in [-0.15, -0.1) is 0 Å². The standard InChI is InChI=1S/C9H16O2/c10-8-5-6-11-9-4-2-1-3-7(8)9/h7-10H,1-6H2/t7-,8-,9-/m1/s1. The largest absolute Gasteiger partial charge is 0.393 e. The molecule has 2 heteroatoms. The SMILES string of the molecule is O[C@@H]1CCO[C@@H]2CCCC[C@H]12. The first kappa shape index (κ1) is 7.56. The van der Waals surface area contributed by atoms with E-state index in [2.05, 4.69) is 0 Å². The average Bonchev–Trinajstić information content (AvgIpc) is 2.06. The third kappa shape index (κ3) is 1.42. The van der Waals surface area contributed by atoms with Crippen molar-refractivity contribution in [3.05, 3.63) is 0 Å². The van der Waals surface area contributed by atoms with Crippen molar-refractivity contribution in [1.29, 1.82) is 0 Å². The second-order valence-corrected chi connectivity index (χ2v) is 3.71. The minimum absolute atomic E-state index is 0.0750. The lowest BCUT2D eigenvalue weighted by atomic mass is 9.80. The van der Waals surface area contributed by atoms with Crippen molar-refractivity contribution >= 4 is 0 Å². The van der Waals surface area contributed by atoms with Gasteiger partial charge in [0, 0.05) is 12.5 Å². The fourth-order valence-corrected chi connectivity index (χ4v) is 2.33. The van der Waals surface area contributed by atoms with Gasteiger partial charge >= 0.3 is 0 Å². The summed E-state index contributed by atoms with van der Waals surface area (Å²) >= 11 is 0. The molecule has 1 heterocycles. The lowest BCUT2D eigenvalue weighted by Crippen LogP contribution is -2.41. The van der Waals surface area contributed by atoms with E-state index in [0.717, 1.165) is 13.0 Å². The highest BCUT2D eigenvalue weighted by atomic mass is 16.5. The number of fused-ring (bicyclic) bond motifs is 1. The number of aliphatic hydroxyl groups excluding tert-OH is 1. The van der Waals surface area contributed by atoms with E-state index in [1.165, 1.54) is 25.7 Å². The highest BCUT2D eigenvalue weighted by Gasteiger charge is 2.34. The lowest BCUT2D eigenvalue weighted by molar-refractivity contribution is -0.108. The van der Waals surface area contributed by atoms with Crippen LogP contribution in [0.4, 0.5) is 0 Å². The van der Waals surface area contributed by atoms with Crippen LogP contribution in [0.3, 0.4) is 0 Å². The lowest BCUT2D eigenvalue weighted by Gasteiger charge is -2.38. The first-order valence-electron chi connectivity index (χ1n) is 4.67. The van der Waals surface area contributed by atoms with Crippen LogP contribution in [0.5, 0.6) is 0 Å². The van der Waals surface area contributed by atoms with E-state index in [9.17, 15) is 5.11 Å². The highest BCUT2D eigenvalue weighted by molar-refractivity contribution is 4.84. The molecular formula is C9H16O2. The van der Waals surface area contributed by atoms with E-state index in [1.54, 1.807) is 0 Å². The van der Waals surface area contributed by atoms with E-state index in [-0.39, 0.29) is 6.10 Å². The molecule has 1 aliphatic carbocycles. The van der Waals surface area contributed by atoms with Crippen molar-refractivity contribution in [2.75, 3.05) is 6.61 Å². The molecule has 0 amide bonds. The van der Waals surface area contributed by atoms with Gasteiger partial charge in [0.15, 0.2) is 0 Å². The zero-order chi connectivity index (χ0) is 7.68. The maximum absolute atomic E-state index is 9.62. The van der Waals surface area contributed by atoms with E-state index in [4.69, 9.17) is 4.74 Å². The summed E-state index contributed by atoms with van der Waals surface area (Å²) in [4.78, 5) is 0. The molecule has 0 aromatic heterocycles. The fourth-order valence-electron chi connectivity index (χ4n) is 2.33. The molecule has 1 N–H and O–H groups in total. The Bertz CT molecular complexity index is 134. The Kier molecular flexibility index (Phi) is 2.14. The van der Waals surface area contributed by atoms with E-state index in [1.807, 2.05) is 0 Å². The summed E-state index contributed by atoms with van der Waals surface area (Å²) in [5.74, 6) is 0.456. The molecule has 2 rings (SSSR count). The van der Waals surface area contributed by atoms with Crippen LogP contribution in [0.2, 0.25) is 0 Å². The summed E-state index contributed by atoms with van der Waals surface area (Å²) < 4.78 is 5.59. The van der Waals surface area contributed by atoms with Gasteiger partial charge in [-0.3, -0.25) is 0 Å². The Labute approximate surface area is 67.6 Å². The van der Waals surface area contributed by atoms with Gasteiger partial charge in [0.2, 0.25) is 0 Å². The summed E-state index contributed by atoms with van der Waals surface area (Å²) in [7, 11) is 0. The third-order valence-electron chi connectivity index (χ3n) is 2.99. The van der Waals surface area contributed by atoms with Crippen LogP contribution in [-0.2, 0) is 4.74 Å². The van der Waals surface area contributed by atoms with Gasteiger partial charge in [0.05, 0.1) is 12.2 Å². The summed E-state index contributed by atoms with van der Waals surface area (Å²) in [5, 5.41) is 9.62. The van der Waals surface area contributed by atoms with Crippen LogP contribution in [0.25, 0.3) is 0 Å². The van der Waals surface area contributed by atoms with Crippen LogP contribution >= 0.6 is 0 Å². The minimum atomic E-state index is -0.0750. The maximum atomic E-state index is 9.62. The van der Waals surface area contributed by atoms with Gasteiger partial charge in [-0.1, -0.05) is 12.8 Å². The molecule has 1 saturated carbocycles. The fraction of sp³-hybridized carbons (Fsp3) is 1.00. The predicted octanol–water partition coefficient (Wildman–Crippen LogP) is 1.33. The number of rotatable bonds is 0. The molecule has 64 valence electrons. The van der Waals surface area contributed by atoms with Crippen LogP contribution in [0, 0.1) is 5.92 Å². The molecule has 2 aliphatic rings. The molecule has 0 spiro atoms. The first-order chi connectivity index (χ1) is 5.38. The van der Waals surface area contributed by atoms with Crippen molar-refractivity contribution in [3.63, 3.8) is 0 Å². The van der Waals surface area contributed by atoms with Gasteiger partial charge in [-0.2, -0.15) is 0 Å².